The van der Waals surface area contributed by atoms with Crippen molar-refractivity contribution < 1.29 is 9.53 Å². The zero-order valence-corrected chi connectivity index (χ0v) is 8.49. The van der Waals surface area contributed by atoms with E-state index in [9.17, 15) is 4.79 Å². The quantitative estimate of drug-likeness (QED) is 0.756. The summed E-state index contributed by atoms with van der Waals surface area (Å²) in [5.41, 5.74) is 6.23. The summed E-state index contributed by atoms with van der Waals surface area (Å²) in [6, 6.07) is 2.64. The van der Waals surface area contributed by atoms with E-state index < -0.39 is 12.0 Å². The molecule has 4 nitrogen and oxygen atoms in total. The first-order valence-corrected chi connectivity index (χ1v) is 4.45. The summed E-state index contributed by atoms with van der Waals surface area (Å²) in [5.74, 6) is -0.452. The van der Waals surface area contributed by atoms with Crippen molar-refractivity contribution in [3.05, 3.63) is 29.0 Å². The van der Waals surface area contributed by atoms with Crippen molar-refractivity contribution in [1.82, 2.24) is 4.98 Å². The van der Waals surface area contributed by atoms with E-state index in [2.05, 4.69) is 9.72 Å². The Bertz CT molecular complexity index is 330. The normalized spacial score (nSPS) is 12.2. The fraction of sp³-hybridized carbons (Fsp3) is 0.333. The summed E-state index contributed by atoms with van der Waals surface area (Å²) < 4.78 is 4.49. The van der Waals surface area contributed by atoms with Gasteiger partial charge in [0, 0.05) is 23.3 Å². The van der Waals surface area contributed by atoms with E-state index in [1.165, 1.54) is 7.11 Å². The first-order valence-electron chi connectivity index (χ1n) is 4.07. The number of esters is 1. The van der Waals surface area contributed by atoms with Crippen LogP contribution in [0.1, 0.15) is 5.69 Å². The summed E-state index contributed by atoms with van der Waals surface area (Å²) in [7, 11) is 1.30. The van der Waals surface area contributed by atoms with Gasteiger partial charge in [0.2, 0.25) is 0 Å². The molecule has 1 atom stereocenters. The highest BCUT2D eigenvalue weighted by Crippen LogP contribution is 2.09. The summed E-state index contributed by atoms with van der Waals surface area (Å²) in [6.07, 6.45) is 1.90. The predicted molar refractivity (Wildman–Crippen MR) is 52.9 cm³/mol. The number of hydrogen-bond donors (Lipinski definition) is 1. The molecule has 2 N–H and O–H groups in total. The number of aromatic nitrogens is 1. The van der Waals surface area contributed by atoms with E-state index in [0.29, 0.717) is 17.1 Å². The van der Waals surface area contributed by atoms with Crippen LogP contribution >= 0.6 is 11.6 Å². The van der Waals surface area contributed by atoms with Crippen LogP contribution in [0.5, 0.6) is 0 Å². The number of ether oxygens (including phenoxy) is 1. The van der Waals surface area contributed by atoms with Crippen molar-refractivity contribution in [2.75, 3.05) is 7.11 Å². The first kappa shape index (κ1) is 10.9. The number of carbonyl (C=O) groups is 1. The second-order valence-corrected chi connectivity index (χ2v) is 3.24. The van der Waals surface area contributed by atoms with Gasteiger partial charge in [-0.15, -0.1) is 0 Å². The van der Waals surface area contributed by atoms with Crippen LogP contribution in [0.3, 0.4) is 0 Å². The topological polar surface area (TPSA) is 65.2 Å². The number of halogens is 1. The summed E-state index contributed by atoms with van der Waals surface area (Å²) in [4.78, 5) is 15.0. The highest BCUT2D eigenvalue weighted by Gasteiger charge is 2.14. The average Bonchev–Trinajstić information content (AvgIpc) is 2.16. The number of rotatable bonds is 3. The van der Waals surface area contributed by atoms with Gasteiger partial charge in [0.1, 0.15) is 6.04 Å². The van der Waals surface area contributed by atoms with Gasteiger partial charge in [-0.05, 0) is 12.1 Å². The van der Waals surface area contributed by atoms with E-state index in [0.717, 1.165) is 0 Å². The lowest BCUT2D eigenvalue weighted by Gasteiger charge is -2.08. The number of hydrogen-bond acceptors (Lipinski definition) is 4. The van der Waals surface area contributed by atoms with Gasteiger partial charge in [0.15, 0.2) is 0 Å². The lowest BCUT2D eigenvalue weighted by Crippen LogP contribution is -2.33. The minimum atomic E-state index is -0.689. The molecule has 14 heavy (non-hydrogen) atoms. The molecule has 0 fully saturated rings. The third kappa shape index (κ3) is 2.97. The van der Waals surface area contributed by atoms with E-state index >= 15 is 0 Å². The maximum atomic E-state index is 11.0. The second-order valence-electron chi connectivity index (χ2n) is 2.80. The minimum absolute atomic E-state index is 0.327. The Morgan fingerprint density at radius 1 is 1.79 bits per heavy atom. The van der Waals surface area contributed by atoms with Gasteiger partial charge in [-0.3, -0.25) is 9.78 Å². The Morgan fingerprint density at radius 3 is 3.07 bits per heavy atom. The van der Waals surface area contributed by atoms with E-state index in [1.54, 1.807) is 18.3 Å². The molecule has 1 aromatic rings. The molecule has 0 unspecified atom stereocenters. The van der Waals surface area contributed by atoms with Crippen LogP contribution in [0.25, 0.3) is 0 Å². The summed E-state index contributed by atoms with van der Waals surface area (Å²) in [5, 5.41) is 0.576. The van der Waals surface area contributed by atoms with Crippen molar-refractivity contribution in [3.63, 3.8) is 0 Å². The molecule has 0 aliphatic rings. The highest BCUT2D eigenvalue weighted by molar-refractivity contribution is 6.30. The molecule has 5 heteroatoms. The number of nitrogens with zero attached hydrogens (tertiary/aromatic N) is 1. The first-order chi connectivity index (χ1) is 6.63. The van der Waals surface area contributed by atoms with Crippen molar-refractivity contribution in [1.29, 1.82) is 0 Å². The summed E-state index contributed by atoms with van der Waals surface area (Å²) in [6.45, 7) is 0. The standard InChI is InChI=1S/C9H11ClN2O2/c1-14-9(13)8(11)5-7-4-6(10)2-3-12-7/h2-4,8H,5,11H2,1H3/t8-/m0/s1. The Balaban J connectivity index is 2.64. The molecule has 0 aliphatic carbocycles. The zero-order chi connectivity index (χ0) is 10.6. The average molecular weight is 215 g/mol. The molecular weight excluding hydrogens is 204 g/mol. The van der Waals surface area contributed by atoms with Gasteiger partial charge >= 0.3 is 5.97 Å². The lowest BCUT2D eigenvalue weighted by molar-refractivity contribution is -0.142. The van der Waals surface area contributed by atoms with Crippen LogP contribution in [-0.2, 0) is 16.0 Å². The number of nitrogens with two attached hydrogens (primary N) is 1. The van der Waals surface area contributed by atoms with Crippen molar-refractivity contribution >= 4 is 17.6 Å². The monoisotopic (exact) mass is 214 g/mol. The smallest absolute Gasteiger partial charge is 0.323 e. The SMILES string of the molecule is COC(=O)[C@@H](N)Cc1cc(Cl)ccn1. The van der Waals surface area contributed by atoms with Gasteiger partial charge in [-0.2, -0.15) is 0 Å². The largest absolute Gasteiger partial charge is 0.468 e. The molecule has 1 aromatic heterocycles. The molecule has 0 amide bonds. The fourth-order valence-corrected chi connectivity index (χ4v) is 1.20. The molecule has 0 aromatic carbocycles. The van der Waals surface area contributed by atoms with Crippen molar-refractivity contribution in [3.8, 4) is 0 Å². The third-order valence-electron chi connectivity index (χ3n) is 1.71. The maximum absolute atomic E-state index is 11.0. The number of carbonyl (C=O) groups excluding carboxylic acids is 1. The van der Waals surface area contributed by atoms with Crippen molar-refractivity contribution in [2.45, 2.75) is 12.5 Å². The van der Waals surface area contributed by atoms with Crippen LogP contribution in [0.2, 0.25) is 5.02 Å². The second kappa shape index (κ2) is 4.93. The molecule has 0 radical (unpaired) electrons. The van der Waals surface area contributed by atoms with E-state index in [4.69, 9.17) is 17.3 Å². The zero-order valence-electron chi connectivity index (χ0n) is 7.74. The highest BCUT2D eigenvalue weighted by atomic mass is 35.5. The summed E-state index contributed by atoms with van der Waals surface area (Å²) >= 11 is 5.74. The number of pyridine rings is 1. The van der Waals surface area contributed by atoms with Crippen LogP contribution < -0.4 is 5.73 Å². The van der Waals surface area contributed by atoms with Gasteiger partial charge < -0.3 is 10.5 Å². The van der Waals surface area contributed by atoms with Crippen LogP contribution in [0.4, 0.5) is 0 Å². The molecule has 0 spiro atoms. The Labute approximate surface area is 87.0 Å². The minimum Gasteiger partial charge on any atom is -0.468 e. The van der Waals surface area contributed by atoms with Gasteiger partial charge in [0.25, 0.3) is 0 Å². The molecule has 0 saturated carbocycles. The molecule has 1 rings (SSSR count). The predicted octanol–water partition coefficient (Wildman–Crippen LogP) is 0.778. The molecular formula is C9H11ClN2O2. The van der Waals surface area contributed by atoms with Gasteiger partial charge in [0.05, 0.1) is 7.11 Å². The van der Waals surface area contributed by atoms with Crippen molar-refractivity contribution in [2.24, 2.45) is 5.73 Å². The molecule has 0 aliphatic heterocycles. The fourth-order valence-electron chi connectivity index (χ4n) is 1.02. The Morgan fingerprint density at radius 2 is 2.50 bits per heavy atom. The molecule has 0 saturated heterocycles. The molecule has 1 heterocycles. The van der Waals surface area contributed by atoms with E-state index in [-0.39, 0.29) is 0 Å². The Kier molecular flexibility index (Phi) is 3.85. The maximum Gasteiger partial charge on any atom is 0.323 e. The van der Waals surface area contributed by atoms with Crippen LogP contribution in [0, 0.1) is 0 Å². The van der Waals surface area contributed by atoms with Gasteiger partial charge in [-0.25, -0.2) is 0 Å². The third-order valence-corrected chi connectivity index (χ3v) is 1.95. The Hall–Kier alpha value is -1.13. The molecule has 0 bridgehead atoms. The van der Waals surface area contributed by atoms with Crippen LogP contribution in [0.15, 0.2) is 18.3 Å². The lowest BCUT2D eigenvalue weighted by atomic mass is 10.1. The number of methoxy groups -OCH3 is 1. The van der Waals surface area contributed by atoms with Gasteiger partial charge in [-0.1, -0.05) is 11.6 Å². The molecule has 76 valence electrons. The van der Waals surface area contributed by atoms with E-state index in [1.807, 2.05) is 0 Å². The van der Waals surface area contributed by atoms with Crippen LogP contribution in [-0.4, -0.2) is 24.1 Å².